The zero-order chi connectivity index (χ0) is 22.4. The first-order chi connectivity index (χ1) is 14.9. The summed E-state index contributed by atoms with van der Waals surface area (Å²) in [7, 11) is 0. The number of nitrogens with zero attached hydrogens (tertiary/aromatic N) is 2. The van der Waals surface area contributed by atoms with Crippen LogP contribution >= 0.6 is 23.4 Å². The molecule has 160 valence electrons. The number of nitrogens with one attached hydrogen (secondary N) is 3. The Labute approximate surface area is 187 Å². The van der Waals surface area contributed by atoms with Gasteiger partial charge in [-0.15, -0.1) is 10.2 Å². The van der Waals surface area contributed by atoms with E-state index in [-0.39, 0.29) is 22.7 Å². The summed E-state index contributed by atoms with van der Waals surface area (Å²) in [6.07, 6.45) is 0.508. The minimum absolute atomic E-state index is 0.0742. The second-order valence-corrected chi connectivity index (χ2v) is 8.18. The van der Waals surface area contributed by atoms with Crippen LogP contribution in [0.3, 0.4) is 0 Å². The molecule has 0 aliphatic carbocycles. The minimum atomic E-state index is -0.499. The van der Waals surface area contributed by atoms with E-state index in [0.29, 0.717) is 28.4 Å². The molecule has 1 aromatic heterocycles. The maximum atomic E-state index is 12.6. The van der Waals surface area contributed by atoms with E-state index in [1.165, 1.54) is 6.92 Å². The number of benzene rings is 2. The Balaban J connectivity index is 1.79. The molecular weight excluding hydrogens is 438 g/mol. The molecule has 3 rings (SSSR count). The van der Waals surface area contributed by atoms with E-state index in [4.69, 9.17) is 11.6 Å². The number of rotatable bonds is 7. The first-order valence-electron chi connectivity index (χ1n) is 9.44. The number of anilines is 2. The monoisotopic (exact) mass is 457 g/mol. The lowest BCUT2D eigenvalue weighted by Crippen LogP contribution is -2.25. The van der Waals surface area contributed by atoms with Crippen molar-refractivity contribution < 1.29 is 9.59 Å². The molecule has 0 bridgehead atoms. The van der Waals surface area contributed by atoms with Gasteiger partial charge in [0.2, 0.25) is 11.8 Å². The normalized spacial score (nSPS) is 11.6. The Morgan fingerprint density at radius 3 is 2.58 bits per heavy atom. The van der Waals surface area contributed by atoms with E-state index in [9.17, 15) is 14.4 Å². The highest BCUT2D eigenvalue weighted by Crippen LogP contribution is 2.26. The largest absolute Gasteiger partial charge is 0.326 e. The number of hydrogen-bond acceptors (Lipinski definition) is 6. The van der Waals surface area contributed by atoms with Gasteiger partial charge in [0.05, 0.1) is 10.9 Å². The molecule has 3 N–H and O–H groups in total. The Morgan fingerprint density at radius 1 is 1.13 bits per heavy atom. The highest BCUT2D eigenvalue weighted by atomic mass is 35.5. The van der Waals surface area contributed by atoms with Gasteiger partial charge in [-0.3, -0.25) is 19.4 Å². The average molecular weight is 458 g/mol. The molecule has 10 heteroatoms. The third-order valence-electron chi connectivity index (χ3n) is 4.18. The van der Waals surface area contributed by atoms with Gasteiger partial charge in [-0.2, -0.15) is 0 Å². The van der Waals surface area contributed by atoms with Crippen molar-refractivity contribution in [3.63, 3.8) is 0 Å². The van der Waals surface area contributed by atoms with Crippen LogP contribution in [0.4, 0.5) is 11.4 Å². The zero-order valence-electron chi connectivity index (χ0n) is 16.8. The molecule has 0 aliphatic rings. The number of amides is 2. The average Bonchev–Trinajstić information content (AvgIpc) is 2.72. The Kier molecular flexibility index (Phi) is 7.43. The number of carbonyl (C=O) groups excluding carboxylic acids is 2. The first-order valence-corrected chi connectivity index (χ1v) is 10.7. The van der Waals surface area contributed by atoms with Crippen LogP contribution in [0, 0.1) is 0 Å². The quantitative estimate of drug-likeness (QED) is 0.462. The van der Waals surface area contributed by atoms with Crippen molar-refractivity contribution in [2.45, 2.75) is 30.7 Å². The van der Waals surface area contributed by atoms with Crippen molar-refractivity contribution in [3.05, 3.63) is 63.9 Å². The standard InChI is InChI=1S/C21H20ClN5O3S/c1-3-17(19(29)24-14-8-6-7-13(22)11-14)31-21-25-20(30)18(26-27-21)15-9-4-5-10-16(15)23-12(2)28/h4-11,17H,3H2,1-2H3,(H,23,28)(H,24,29)(H,25,27,30)/t17-/m1/s1. The Bertz CT molecular complexity index is 1170. The smallest absolute Gasteiger partial charge is 0.278 e. The maximum Gasteiger partial charge on any atom is 0.278 e. The van der Waals surface area contributed by atoms with Crippen LogP contribution in [0.2, 0.25) is 5.02 Å². The molecule has 1 heterocycles. The highest BCUT2D eigenvalue weighted by Gasteiger charge is 2.21. The molecule has 0 aliphatic heterocycles. The lowest BCUT2D eigenvalue weighted by atomic mass is 10.1. The van der Waals surface area contributed by atoms with Crippen molar-refractivity contribution in [2.75, 3.05) is 10.6 Å². The van der Waals surface area contributed by atoms with Gasteiger partial charge in [0.1, 0.15) is 0 Å². The number of hydrogen-bond donors (Lipinski definition) is 3. The lowest BCUT2D eigenvalue weighted by molar-refractivity contribution is -0.116. The van der Waals surface area contributed by atoms with Gasteiger partial charge in [-0.25, -0.2) is 0 Å². The fraction of sp³-hybridized carbons (Fsp3) is 0.190. The summed E-state index contributed by atoms with van der Waals surface area (Å²) >= 11 is 7.06. The van der Waals surface area contributed by atoms with Gasteiger partial charge < -0.3 is 10.6 Å². The highest BCUT2D eigenvalue weighted by molar-refractivity contribution is 8.00. The van der Waals surface area contributed by atoms with Crippen molar-refractivity contribution in [2.24, 2.45) is 0 Å². The third-order valence-corrected chi connectivity index (χ3v) is 5.65. The van der Waals surface area contributed by atoms with E-state index in [0.717, 1.165) is 11.8 Å². The summed E-state index contributed by atoms with van der Waals surface area (Å²) in [6.45, 7) is 3.24. The van der Waals surface area contributed by atoms with Gasteiger partial charge in [0, 0.05) is 23.2 Å². The lowest BCUT2D eigenvalue weighted by Gasteiger charge is -2.14. The molecule has 2 amide bonds. The van der Waals surface area contributed by atoms with Crippen LogP contribution in [-0.2, 0) is 9.59 Å². The van der Waals surface area contributed by atoms with Crippen molar-refractivity contribution in [1.29, 1.82) is 0 Å². The molecule has 3 aromatic rings. The number of H-pyrrole nitrogens is 1. The molecule has 31 heavy (non-hydrogen) atoms. The summed E-state index contributed by atoms with van der Waals surface area (Å²) in [5, 5.41) is 13.8. The summed E-state index contributed by atoms with van der Waals surface area (Å²) in [6, 6.07) is 13.7. The van der Waals surface area contributed by atoms with Crippen LogP contribution in [0.5, 0.6) is 0 Å². The van der Waals surface area contributed by atoms with Crippen LogP contribution in [0.25, 0.3) is 11.3 Å². The van der Waals surface area contributed by atoms with Gasteiger partial charge in [0.25, 0.3) is 5.56 Å². The minimum Gasteiger partial charge on any atom is -0.326 e. The van der Waals surface area contributed by atoms with Gasteiger partial charge in [-0.05, 0) is 30.7 Å². The SMILES string of the molecule is CC[C@@H](Sc1nnc(-c2ccccc2NC(C)=O)c(=O)[nH]1)C(=O)Nc1cccc(Cl)c1. The van der Waals surface area contributed by atoms with Crippen LogP contribution in [0.15, 0.2) is 58.5 Å². The molecular formula is C21H20ClN5O3S. The molecule has 0 radical (unpaired) electrons. The molecule has 0 unspecified atom stereocenters. The maximum absolute atomic E-state index is 12.6. The van der Waals surface area contributed by atoms with E-state index in [1.54, 1.807) is 48.5 Å². The van der Waals surface area contributed by atoms with E-state index in [1.807, 2.05) is 6.92 Å². The van der Waals surface area contributed by atoms with Gasteiger partial charge in [-0.1, -0.05) is 54.6 Å². The van der Waals surface area contributed by atoms with Crippen LogP contribution < -0.4 is 16.2 Å². The molecule has 0 saturated heterocycles. The molecule has 0 saturated carbocycles. The summed E-state index contributed by atoms with van der Waals surface area (Å²) in [4.78, 5) is 39.4. The number of halogens is 1. The van der Waals surface area contributed by atoms with E-state index in [2.05, 4.69) is 25.8 Å². The fourth-order valence-corrected chi connectivity index (χ4v) is 3.82. The Hall–Kier alpha value is -3.17. The number of para-hydroxylation sites is 1. The topological polar surface area (TPSA) is 117 Å². The molecule has 0 spiro atoms. The number of aromatic amines is 1. The molecule has 1 atom stereocenters. The number of thioether (sulfide) groups is 1. The summed E-state index contributed by atoms with van der Waals surface area (Å²) in [5.41, 5.74) is 1.10. The van der Waals surface area contributed by atoms with E-state index >= 15 is 0 Å². The third kappa shape index (κ3) is 5.93. The van der Waals surface area contributed by atoms with E-state index < -0.39 is 10.8 Å². The number of aromatic nitrogens is 3. The van der Waals surface area contributed by atoms with Crippen LogP contribution in [-0.4, -0.2) is 32.2 Å². The van der Waals surface area contributed by atoms with Crippen molar-refractivity contribution >= 4 is 46.6 Å². The second kappa shape index (κ2) is 10.2. The fourth-order valence-electron chi connectivity index (χ4n) is 2.79. The predicted molar refractivity (Wildman–Crippen MR) is 122 cm³/mol. The van der Waals surface area contributed by atoms with Crippen molar-refractivity contribution in [1.82, 2.24) is 15.2 Å². The number of carbonyl (C=O) groups is 2. The summed E-state index contributed by atoms with van der Waals surface area (Å²) < 4.78 is 0. The molecule has 0 fully saturated rings. The Morgan fingerprint density at radius 2 is 1.90 bits per heavy atom. The van der Waals surface area contributed by atoms with Gasteiger partial charge >= 0.3 is 0 Å². The molecule has 2 aromatic carbocycles. The van der Waals surface area contributed by atoms with Gasteiger partial charge in [0.15, 0.2) is 10.9 Å². The second-order valence-electron chi connectivity index (χ2n) is 6.55. The summed E-state index contributed by atoms with van der Waals surface area (Å²) in [5.74, 6) is -0.502. The predicted octanol–water partition coefficient (Wildman–Crippen LogP) is 3.95. The zero-order valence-corrected chi connectivity index (χ0v) is 18.4. The first kappa shape index (κ1) is 22.5. The van der Waals surface area contributed by atoms with Crippen LogP contribution in [0.1, 0.15) is 20.3 Å². The van der Waals surface area contributed by atoms with Crippen molar-refractivity contribution in [3.8, 4) is 11.3 Å². The molecule has 8 nitrogen and oxygen atoms in total.